The zero-order valence-electron chi connectivity index (χ0n) is 10.5. The summed E-state index contributed by atoms with van der Waals surface area (Å²) in [5.74, 6) is 1.19. The fourth-order valence-electron chi connectivity index (χ4n) is 2.15. The van der Waals surface area contributed by atoms with Crippen LogP contribution in [-0.4, -0.2) is 66.2 Å². The van der Waals surface area contributed by atoms with E-state index in [1.54, 1.807) is 16.7 Å². The number of hydrogen-bond acceptors (Lipinski definition) is 6. The van der Waals surface area contributed by atoms with E-state index < -0.39 is 0 Å². The summed E-state index contributed by atoms with van der Waals surface area (Å²) in [7, 11) is 0. The van der Waals surface area contributed by atoms with Crippen molar-refractivity contribution < 1.29 is 9.90 Å². The highest BCUT2D eigenvalue weighted by molar-refractivity contribution is 8.00. The molecule has 1 aliphatic heterocycles. The van der Waals surface area contributed by atoms with E-state index in [1.165, 1.54) is 0 Å². The Bertz CT molecular complexity index is 408. The van der Waals surface area contributed by atoms with E-state index in [0.29, 0.717) is 12.4 Å². The van der Waals surface area contributed by atoms with Gasteiger partial charge in [0.2, 0.25) is 5.91 Å². The number of carbonyl (C=O) groups excluding carboxylic acids is 1. The highest BCUT2D eigenvalue weighted by atomic mass is 32.2. The van der Waals surface area contributed by atoms with Gasteiger partial charge < -0.3 is 10.0 Å². The molecule has 1 aromatic heterocycles. The molecule has 1 aromatic rings. The number of aliphatic hydroxyl groups is 1. The first kappa shape index (κ1) is 13.3. The number of rotatable bonds is 3. The van der Waals surface area contributed by atoms with Crippen molar-refractivity contribution in [3.8, 4) is 0 Å². The Kier molecular flexibility index (Phi) is 3.86. The molecule has 100 valence electrons. The van der Waals surface area contributed by atoms with E-state index >= 15 is 0 Å². The van der Waals surface area contributed by atoms with Gasteiger partial charge in [0.1, 0.15) is 0 Å². The van der Waals surface area contributed by atoms with Gasteiger partial charge in [0.05, 0.1) is 19.1 Å². The Morgan fingerprint density at radius 1 is 1.67 bits per heavy atom. The molecule has 1 aliphatic rings. The molecule has 18 heavy (non-hydrogen) atoms. The number of nitrogens with zero attached hydrogens (tertiary/aromatic N) is 4. The van der Waals surface area contributed by atoms with Crippen molar-refractivity contribution in [1.82, 2.24) is 25.5 Å². The van der Waals surface area contributed by atoms with Crippen LogP contribution in [0.5, 0.6) is 0 Å². The Morgan fingerprint density at radius 3 is 3.06 bits per heavy atom. The average Bonchev–Trinajstić information content (AvgIpc) is 2.80. The maximum absolute atomic E-state index is 12.2. The minimum absolute atomic E-state index is 0.0298. The number of tetrazole rings is 1. The molecule has 2 rings (SSSR count). The van der Waals surface area contributed by atoms with Crippen LogP contribution in [0, 0.1) is 0 Å². The van der Waals surface area contributed by atoms with E-state index in [0.717, 1.165) is 5.75 Å². The lowest BCUT2D eigenvalue weighted by molar-refractivity contribution is -0.134. The minimum atomic E-state index is -0.171. The van der Waals surface area contributed by atoms with Crippen molar-refractivity contribution in [2.75, 3.05) is 18.9 Å². The number of hydrogen-bond donors (Lipinski definition) is 2. The van der Waals surface area contributed by atoms with Crippen molar-refractivity contribution in [3.05, 3.63) is 5.82 Å². The van der Waals surface area contributed by atoms with Crippen LogP contribution in [0.15, 0.2) is 0 Å². The molecule has 7 nitrogen and oxygen atoms in total. The lowest BCUT2D eigenvalue weighted by Crippen LogP contribution is -2.57. The number of aromatic nitrogens is 4. The summed E-state index contributed by atoms with van der Waals surface area (Å²) in [6.45, 7) is 4.71. The fraction of sp³-hybridized carbons (Fsp3) is 0.800. The highest BCUT2D eigenvalue weighted by Gasteiger charge is 2.40. The SMILES string of the molecule is CC1(C)SCCN(C(=O)Cc2nn[nH]n2)[C@H]1CO. The first-order chi connectivity index (χ1) is 8.54. The molecular weight excluding hydrogens is 254 g/mol. The molecule has 1 saturated heterocycles. The van der Waals surface area contributed by atoms with E-state index in [2.05, 4.69) is 20.6 Å². The van der Waals surface area contributed by atoms with Crippen LogP contribution in [0.4, 0.5) is 0 Å². The third-order valence-electron chi connectivity index (χ3n) is 3.18. The lowest BCUT2D eigenvalue weighted by Gasteiger charge is -2.45. The van der Waals surface area contributed by atoms with Crippen molar-refractivity contribution in [2.45, 2.75) is 31.1 Å². The van der Waals surface area contributed by atoms with Gasteiger partial charge in [-0.3, -0.25) is 4.79 Å². The van der Waals surface area contributed by atoms with Crippen molar-refractivity contribution in [2.24, 2.45) is 0 Å². The average molecular weight is 271 g/mol. The van der Waals surface area contributed by atoms with Gasteiger partial charge in [-0.1, -0.05) is 5.21 Å². The standard InChI is InChI=1S/C10H17N5O2S/c1-10(2)7(6-16)15(3-4-18-10)9(17)5-8-11-13-14-12-8/h7,16H,3-6H2,1-2H3,(H,11,12,13,14)/t7-/m0/s1. The number of carbonyl (C=O) groups is 1. The molecule has 1 atom stereocenters. The van der Waals surface area contributed by atoms with E-state index in [1.807, 2.05) is 13.8 Å². The van der Waals surface area contributed by atoms with Crippen molar-refractivity contribution in [1.29, 1.82) is 0 Å². The number of thioether (sulfide) groups is 1. The predicted octanol–water partition coefficient (Wildman–Crippen LogP) is -0.543. The number of amides is 1. The lowest BCUT2D eigenvalue weighted by atomic mass is 10.0. The topological polar surface area (TPSA) is 95.0 Å². The number of nitrogens with one attached hydrogen (secondary N) is 1. The van der Waals surface area contributed by atoms with Crippen LogP contribution in [0.25, 0.3) is 0 Å². The van der Waals surface area contributed by atoms with Crippen LogP contribution in [0.2, 0.25) is 0 Å². The molecule has 0 bridgehead atoms. The highest BCUT2D eigenvalue weighted by Crippen LogP contribution is 2.35. The van der Waals surface area contributed by atoms with Crippen LogP contribution in [0.3, 0.4) is 0 Å². The van der Waals surface area contributed by atoms with Crippen LogP contribution < -0.4 is 0 Å². The second kappa shape index (κ2) is 5.23. The fourth-order valence-corrected chi connectivity index (χ4v) is 3.35. The second-order valence-electron chi connectivity index (χ2n) is 4.74. The van der Waals surface area contributed by atoms with Gasteiger partial charge in [-0.25, -0.2) is 0 Å². The van der Waals surface area contributed by atoms with Gasteiger partial charge >= 0.3 is 0 Å². The molecule has 2 heterocycles. The van der Waals surface area contributed by atoms with Gasteiger partial charge in [0.25, 0.3) is 0 Å². The molecule has 0 aromatic carbocycles. The predicted molar refractivity (Wildman–Crippen MR) is 67.0 cm³/mol. The summed E-state index contributed by atoms with van der Waals surface area (Å²) in [6, 6.07) is -0.171. The Hall–Kier alpha value is -1.15. The molecule has 1 amide bonds. The largest absolute Gasteiger partial charge is 0.394 e. The summed E-state index contributed by atoms with van der Waals surface area (Å²) >= 11 is 1.78. The monoisotopic (exact) mass is 271 g/mol. The number of aliphatic hydroxyl groups excluding tert-OH is 1. The molecule has 0 radical (unpaired) electrons. The molecular formula is C10H17N5O2S. The zero-order chi connectivity index (χ0) is 13.2. The van der Waals surface area contributed by atoms with Gasteiger partial charge in [-0.05, 0) is 13.8 Å². The normalized spacial score (nSPS) is 23.1. The third-order valence-corrected chi connectivity index (χ3v) is 4.58. The molecule has 0 spiro atoms. The first-order valence-corrected chi connectivity index (χ1v) is 6.80. The summed E-state index contributed by atoms with van der Waals surface area (Å²) in [5, 5.41) is 22.8. The van der Waals surface area contributed by atoms with Crippen LogP contribution >= 0.6 is 11.8 Å². The summed E-state index contributed by atoms with van der Waals surface area (Å²) in [6.07, 6.45) is 0.119. The molecule has 0 aliphatic carbocycles. The summed E-state index contributed by atoms with van der Waals surface area (Å²) < 4.78 is -0.139. The second-order valence-corrected chi connectivity index (χ2v) is 6.49. The molecule has 1 fully saturated rings. The van der Waals surface area contributed by atoms with Gasteiger partial charge in [-0.2, -0.15) is 17.0 Å². The number of aromatic amines is 1. The molecule has 0 saturated carbocycles. The van der Waals surface area contributed by atoms with Crippen molar-refractivity contribution >= 4 is 17.7 Å². The Balaban J connectivity index is 2.08. The van der Waals surface area contributed by atoms with Gasteiger partial charge in [0.15, 0.2) is 5.82 Å². The molecule has 2 N–H and O–H groups in total. The zero-order valence-corrected chi connectivity index (χ0v) is 11.3. The van der Waals surface area contributed by atoms with E-state index in [-0.39, 0.29) is 29.7 Å². The quantitative estimate of drug-likeness (QED) is 0.766. The number of H-pyrrole nitrogens is 1. The van der Waals surface area contributed by atoms with Gasteiger partial charge in [-0.15, -0.1) is 10.2 Å². The maximum atomic E-state index is 12.2. The van der Waals surface area contributed by atoms with Crippen molar-refractivity contribution in [3.63, 3.8) is 0 Å². The minimum Gasteiger partial charge on any atom is -0.394 e. The Labute approximate surface area is 109 Å². The van der Waals surface area contributed by atoms with Crippen LogP contribution in [-0.2, 0) is 11.2 Å². The van der Waals surface area contributed by atoms with Crippen LogP contribution in [0.1, 0.15) is 19.7 Å². The third kappa shape index (κ3) is 2.64. The maximum Gasteiger partial charge on any atom is 0.230 e. The summed E-state index contributed by atoms with van der Waals surface area (Å²) in [4.78, 5) is 13.9. The van der Waals surface area contributed by atoms with Gasteiger partial charge in [0, 0.05) is 17.0 Å². The smallest absolute Gasteiger partial charge is 0.230 e. The summed E-state index contributed by atoms with van der Waals surface area (Å²) in [5.41, 5.74) is 0. The first-order valence-electron chi connectivity index (χ1n) is 5.81. The molecule has 8 heteroatoms. The Morgan fingerprint density at radius 2 is 2.44 bits per heavy atom. The molecule has 0 unspecified atom stereocenters. The van der Waals surface area contributed by atoms with E-state index in [4.69, 9.17) is 0 Å². The van der Waals surface area contributed by atoms with E-state index in [9.17, 15) is 9.90 Å².